The molecule has 4 heteroatoms. The van der Waals surface area contributed by atoms with Crippen LogP contribution in [-0.2, 0) is 15.1 Å². The molecule has 4 nitrogen and oxygen atoms in total. The Kier molecular flexibility index (Phi) is 3.90. The lowest BCUT2D eigenvalue weighted by Gasteiger charge is -2.19. The molecule has 88 valence electrons. The first kappa shape index (κ1) is 12.5. The molecule has 0 aliphatic rings. The number of carbonyl (C=O) groups excluding carboxylic acids is 1. The van der Waals surface area contributed by atoms with Crippen molar-refractivity contribution in [1.82, 2.24) is 0 Å². The SMILES string of the molecule is COC(=O)COc1ccc(C(C)(C)N)cc1. The van der Waals surface area contributed by atoms with Crippen LogP contribution in [0.25, 0.3) is 0 Å². The van der Waals surface area contributed by atoms with Gasteiger partial charge in [-0.3, -0.25) is 0 Å². The van der Waals surface area contributed by atoms with Gasteiger partial charge in [0.25, 0.3) is 0 Å². The third-order valence-corrected chi connectivity index (χ3v) is 2.18. The quantitative estimate of drug-likeness (QED) is 0.784. The molecule has 1 rings (SSSR count). The zero-order valence-corrected chi connectivity index (χ0v) is 9.82. The van der Waals surface area contributed by atoms with Crippen LogP contribution in [0.5, 0.6) is 5.75 Å². The summed E-state index contributed by atoms with van der Waals surface area (Å²) in [7, 11) is 1.33. The number of esters is 1. The van der Waals surface area contributed by atoms with E-state index in [1.165, 1.54) is 7.11 Å². The van der Waals surface area contributed by atoms with Crippen LogP contribution in [0.15, 0.2) is 24.3 Å². The second-order valence-electron chi connectivity index (χ2n) is 4.11. The maximum absolute atomic E-state index is 10.8. The van der Waals surface area contributed by atoms with Gasteiger partial charge in [-0.25, -0.2) is 4.79 Å². The minimum atomic E-state index is -0.400. The fourth-order valence-electron chi connectivity index (χ4n) is 1.18. The van der Waals surface area contributed by atoms with Crippen molar-refractivity contribution in [3.05, 3.63) is 29.8 Å². The molecule has 0 spiro atoms. The Morgan fingerprint density at radius 1 is 1.31 bits per heavy atom. The average molecular weight is 223 g/mol. The molecule has 16 heavy (non-hydrogen) atoms. The molecular formula is C12H17NO3. The fourth-order valence-corrected chi connectivity index (χ4v) is 1.18. The number of hydrogen-bond donors (Lipinski definition) is 1. The van der Waals surface area contributed by atoms with Gasteiger partial charge in [-0.1, -0.05) is 12.1 Å². The lowest BCUT2D eigenvalue weighted by molar-refractivity contribution is -0.142. The van der Waals surface area contributed by atoms with Crippen molar-refractivity contribution >= 4 is 5.97 Å². The van der Waals surface area contributed by atoms with E-state index in [2.05, 4.69) is 4.74 Å². The number of nitrogens with two attached hydrogens (primary N) is 1. The van der Waals surface area contributed by atoms with Crippen molar-refractivity contribution in [3.8, 4) is 5.75 Å². The maximum Gasteiger partial charge on any atom is 0.343 e. The Morgan fingerprint density at radius 2 is 1.88 bits per heavy atom. The molecule has 0 saturated carbocycles. The van der Waals surface area contributed by atoms with E-state index < -0.39 is 5.97 Å². The summed E-state index contributed by atoms with van der Waals surface area (Å²) in [5, 5.41) is 0. The summed E-state index contributed by atoms with van der Waals surface area (Å²) in [5.41, 5.74) is 6.57. The number of rotatable bonds is 4. The summed E-state index contributed by atoms with van der Waals surface area (Å²) in [4.78, 5) is 10.8. The molecular weight excluding hydrogens is 206 g/mol. The molecule has 0 heterocycles. The highest BCUT2D eigenvalue weighted by molar-refractivity contribution is 5.70. The molecule has 1 aromatic rings. The number of benzene rings is 1. The van der Waals surface area contributed by atoms with Gasteiger partial charge in [0.1, 0.15) is 5.75 Å². The molecule has 0 aliphatic heterocycles. The topological polar surface area (TPSA) is 61.5 Å². The Labute approximate surface area is 95.3 Å². The summed E-state index contributed by atoms with van der Waals surface area (Å²) in [6.07, 6.45) is 0. The third-order valence-electron chi connectivity index (χ3n) is 2.18. The van der Waals surface area contributed by atoms with Gasteiger partial charge in [-0.05, 0) is 31.5 Å². The van der Waals surface area contributed by atoms with E-state index in [9.17, 15) is 4.79 Å². The minimum Gasteiger partial charge on any atom is -0.482 e. The Morgan fingerprint density at radius 3 is 2.31 bits per heavy atom. The van der Waals surface area contributed by atoms with Gasteiger partial charge < -0.3 is 15.2 Å². The first-order valence-electron chi connectivity index (χ1n) is 5.02. The summed E-state index contributed by atoms with van der Waals surface area (Å²) in [6.45, 7) is 3.77. The van der Waals surface area contributed by atoms with Crippen molar-refractivity contribution in [2.45, 2.75) is 19.4 Å². The van der Waals surface area contributed by atoms with Crippen LogP contribution in [0.2, 0.25) is 0 Å². The molecule has 0 saturated heterocycles. The summed E-state index contributed by atoms with van der Waals surface area (Å²) < 4.78 is 9.68. The molecule has 0 unspecified atom stereocenters. The first-order chi connectivity index (χ1) is 7.43. The van der Waals surface area contributed by atoms with Crippen LogP contribution in [-0.4, -0.2) is 19.7 Å². The predicted octanol–water partition coefficient (Wildman–Crippen LogP) is 1.43. The smallest absolute Gasteiger partial charge is 0.343 e. The standard InChI is InChI=1S/C12H17NO3/c1-12(2,13)9-4-6-10(7-5-9)16-8-11(14)15-3/h4-7H,8,13H2,1-3H3. The van der Waals surface area contributed by atoms with Gasteiger partial charge in [0.2, 0.25) is 0 Å². The van der Waals surface area contributed by atoms with Crippen molar-refractivity contribution in [2.75, 3.05) is 13.7 Å². The van der Waals surface area contributed by atoms with Crippen molar-refractivity contribution in [3.63, 3.8) is 0 Å². The fraction of sp³-hybridized carbons (Fsp3) is 0.417. The van der Waals surface area contributed by atoms with Gasteiger partial charge in [0.05, 0.1) is 7.11 Å². The largest absolute Gasteiger partial charge is 0.482 e. The van der Waals surface area contributed by atoms with Crippen molar-refractivity contribution in [2.24, 2.45) is 5.73 Å². The Hall–Kier alpha value is -1.55. The number of carbonyl (C=O) groups is 1. The van der Waals surface area contributed by atoms with E-state index in [1.54, 1.807) is 12.1 Å². The van der Waals surface area contributed by atoms with E-state index >= 15 is 0 Å². The zero-order chi connectivity index (χ0) is 12.2. The van der Waals surface area contributed by atoms with E-state index in [-0.39, 0.29) is 12.1 Å². The lowest BCUT2D eigenvalue weighted by atomic mass is 9.96. The van der Waals surface area contributed by atoms with E-state index in [0.29, 0.717) is 5.75 Å². The minimum absolute atomic E-state index is 0.0815. The van der Waals surface area contributed by atoms with Gasteiger partial charge >= 0.3 is 5.97 Å². The van der Waals surface area contributed by atoms with Crippen LogP contribution in [0.3, 0.4) is 0 Å². The summed E-state index contributed by atoms with van der Waals surface area (Å²) in [5.74, 6) is 0.224. The highest BCUT2D eigenvalue weighted by Crippen LogP contribution is 2.20. The first-order valence-corrected chi connectivity index (χ1v) is 5.02. The van der Waals surface area contributed by atoms with Gasteiger partial charge in [0.15, 0.2) is 6.61 Å². The molecule has 0 fully saturated rings. The van der Waals surface area contributed by atoms with Gasteiger partial charge in [0, 0.05) is 5.54 Å². The molecule has 0 atom stereocenters. The predicted molar refractivity (Wildman–Crippen MR) is 61.2 cm³/mol. The van der Waals surface area contributed by atoms with Crippen LogP contribution in [0.4, 0.5) is 0 Å². The molecule has 2 N–H and O–H groups in total. The summed E-state index contributed by atoms with van der Waals surface area (Å²) >= 11 is 0. The molecule has 0 radical (unpaired) electrons. The van der Waals surface area contributed by atoms with E-state index in [1.807, 2.05) is 26.0 Å². The normalized spacial score (nSPS) is 11.0. The Bertz CT molecular complexity index is 352. The second-order valence-corrected chi connectivity index (χ2v) is 4.11. The lowest BCUT2D eigenvalue weighted by Crippen LogP contribution is -2.28. The molecule has 0 aliphatic carbocycles. The highest BCUT2D eigenvalue weighted by atomic mass is 16.6. The molecule has 0 amide bonds. The number of methoxy groups -OCH3 is 1. The monoisotopic (exact) mass is 223 g/mol. The van der Waals surface area contributed by atoms with Crippen LogP contribution in [0, 0.1) is 0 Å². The van der Waals surface area contributed by atoms with Crippen LogP contribution >= 0.6 is 0 Å². The van der Waals surface area contributed by atoms with Crippen molar-refractivity contribution < 1.29 is 14.3 Å². The Balaban J connectivity index is 2.62. The highest BCUT2D eigenvalue weighted by Gasteiger charge is 2.13. The van der Waals surface area contributed by atoms with E-state index in [4.69, 9.17) is 10.5 Å². The number of hydrogen-bond acceptors (Lipinski definition) is 4. The molecule has 0 bridgehead atoms. The second kappa shape index (κ2) is 4.99. The number of ether oxygens (including phenoxy) is 2. The molecule has 1 aromatic carbocycles. The van der Waals surface area contributed by atoms with Gasteiger partial charge in [-0.15, -0.1) is 0 Å². The van der Waals surface area contributed by atoms with Crippen LogP contribution in [0.1, 0.15) is 19.4 Å². The average Bonchev–Trinajstić information content (AvgIpc) is 2.25. The van der Waals surface area contributed by atoms with Crippen molar-refractivity contribution in [1.29, 1.82) is 0 Å². The van der Waals surface area contributed by atoms with E-state index in [0.717, 1.165) is 5.56 Å². The van der Waals surface area contributed by atoms with Crippen LogP contribution < -0.4 is 10.5 Å². The third kappa shape index (κ3) is 3.55. The van der Waals surface area contributed by atoms with Gasteiger partial charge in [-0.2, -0.15) is 0 Å². The molecule has 0 aromatic heterocycles. The maximum atomic E-state index is 10.8. The summed E-state index contributed by atoms with van der Waals surface area (Å²) in [6, 6.07) is 7.33. The zero-order valence-electron chi connectivity index (χ0n) is 9.82.